The van der Waals surface area contributed by atoms with E-state index in [1.54, 1.807) is 0 Å². The maximum absolute atomic E-state index is 12.5. The summed E-state index contributed by atoms with van der Waals surface area (Å²) in [5.74, 6) is 0.525. The van der Waals surface area contributed by atoms with Crippen LogP contribution in [0, 0.1) is 19.8 Å². The maximum Gasteiger partial charge on any atom is 0.310 e. The molecule has 1 unspecified atom stereocenters. The number of hydrogen-bond donors (Lipinski definition) is 0. The van der Waals surface area contributed by atoms with Crippen molar-refractivity contribution in [2.75, 3.05) is 20.3 Å². The first-order chi connectivity index (χ1) is 16.4. The Morgan fingerprint density at radius 2 is 2.00 bits per heavy atom. The SMILES string of the molecule is Cc1ccc2c(c1)c1c(n2CCc2ccc(C)nc2)CC[N+](C)(COC(=O)CC2CCCC2)C1. The van der Waals surface area contributed by atoms with Crippen LogP contribution in [-0.4, -0.2) is 40.3 Å². The molecule has 3 heterocycles. The predicted molar refractivity (Wildman–Crippen MR) is 135 cm³/mol. The highest BCUT2D eigenvalue weighted by Gasteiger charge is 2.34. The molecule has 3 aromatic rings. The summed E-state index contributed by atoms with van der Waals surface area (Å²) < 4.78 is 9.13. The molecule has 1 aliphatic carbocycles. The molecule has 1 aliphatic heterocycles. The maximum atomic E-state index is 12.5. The van der Waals surface area contributed by atoms with Crippen LogP contribution in [0.3, 0.4) is 0 Å². The van der Waals surface area contributed by atoms with Crippen LogP contribution in [-0.2, 0) is 35.5 Å². The molecule has 0 spiro atoms. The number of aromatic nitrogens is 2. The average Bonchev–Trinajstić information content (AvgIpc) is 3.43. The largest absolute Gasteiger partial charge is 0.415 e. The Kier molecular flexibility index (Phi) is 6.48. The van der Waals surface area contributed by atoms with Crippen LogP contribution in [0.1, 0.15) is 60.2 Å². The van der Waals surface area contributed by atoms with Gasteiger partial charge in [0.25, 0.3) is 0 Å². The van der Waals surface area contributed by atoms with E-state index >= 15 is 0 Å². The summed E-state index contributed by atoms with van der Waals surface area (Å²) in [6.45, 7) is 7.53. The second-order valence-corrected chi connectivity index (χ2v) is 10.9. The molecule has 1 saturated carbocycles. The Hall–Kier alpha value is -2.66. The number of rotatable bonds is 7. The number of carbonyl (C=O) groups is 1. The summed E-state index contributed by atoms with van der Waals surface area (Å²) in [5.41, 5.74) is 7.83. The molecule has 0 N–H and O–H groups in total. The Labute approximate surface area is 203 Å². The van der Waals surface area contributed by atoms with Crippen LogP contribution in [0.15, 0.2) is 36.5 Å². The van der Waals surface area contributed by atoms with Crippen molar-refractivity contribution in [3.63, 3.8) is 0 Å². The fourth-order valence-corrected chi connectivity index (χ4v) is 5.88. The van der Waals surface area contributed by atoms with Gasteiger partial charge in [-0.15, -0.1) is 0 Å². The van der Waals surface area contributed by atoms with Gasteiger partial charge in [-0.3, -0.25) is 14.3 Å². The van der Waals surface area contributed by atoms with Gasteiger partial charge in [-0.05, 0) is 62.8 Å². The number of carbonyl (C=O) groups excluding carboxylic acids is 1. The van der Waals surface area contributed by atoms with Gasteiger partial charge in [0, 0.05) is 53.4 Å². The highest BCUT2D eigenvalue weighted by molar-refractivity contribution is 5.86. The highest BCUT2D eigenvalue weighted by atomic mass is 16.5. The van der Waals surface area contributed by atoms with E-state index in [1.165, 1.54) is 59.0 Å². The molecule has 180 valence electrons. The second kappa shape index (κ2) is 9.53. The monoisotopic (exact) mass is 460 g/mol. The van der Waals surface area contributed by atoms with Crippen molar-refractivity contribution in [3.05, 3.63) is 64.6 Å². The van der Waals surface area contributed by atoms with Gasteiger partial charge in [0.05, 0.1) is 13.6 Å². The number of pyridine rings is 1. The Morgan fingerprint density at radius 1 is 1.18 bits per heavy atom. The number of aryl methyl sites for hydroxylation is 4. The quantitative estimate of drug-likeness (QED) is 0.346. The van der Waals surface area contributed by atoms with Crippen molar-refractivity contribution in [1.29, 1.82) is 0 Å². The predicted octanol–water partition coefficient (Wildman–Crippen LogP) is 5.48. The lowest BCUT2D eigenvalue weighted by Gasteiger charge is -2.37. The second-order valence-electron chi connectivity index (χ2n) is 10.9. The molecular formula is C29H38N3O2+. The van der Waals surface area contributed by atoms with Gasteiger partial charge < -0.3 is 9.30 Å². The minimum atomic E-state index is -0.0120. The molecule has 5 rings (SSSR count). The molecule has 1 atom stereocenters. The number of quaternary nitrogens is 1. The standard InChI is InChI=1S/C29H38N3O2/c1-21-8-11-27-25(16-21)26-19-32(3,20-34-29(33)17-23-6-4-5-7-23)15-13-28(26)31(27)14-12-24-10-9-22(2)30-18-24/h8-11,16,18,23H,4-7,12-15,17,19-20H2,1-3H3/q+1. The molecule has 0 saturated heterocycles. The van der Waals surface area contributed by atoms with E-state index in [4.69, 9.17) is 4.74 Å². The van der Waals surface area contributed by atoms with E-state index in [1.807, 2.05) is 13.1 Å². The molecule has 2 aromatic heterocycles. The Balaban J connectivity index is 1.34. The summed E-state index contributed by atoms with van der Waals surface area (Å²) in [7, 11) is 2.24. The molecule has 2 aliphatic rings. The molecule has 5 heteroatoms. The molecule has 34 heavy (non-hydrogen) atoms. The van der Waals surface area contributed by atoms with Gasteiger partial charge in [0.15, 0.2) is 0 Å². The Bertz CT molecular complexity index is 1170. The van der Waals surface area contributed by atoms with E-state index < -0.39 is 0 Å². The van der Waals surface area contributed by atoms with Crippen LogP contribution in [0.25, 0.3) is 10.9 Å². The zero-order valence-electron chi connectivity index (χ0n) is 21.0. The van der Waals surface area contributed by atoms with Crippen LogP contribution in [0.4, 0.5) is 0 Å². The molecular weight excluding hydrogens is 422 g/mol. The third-order valence-electron chi connectivity index (χ3n) is 7.93. The van der Waals surface area contributed by atoms with Gasteiger partial charge in [0.1, 0.15) is 6.54 Å². The van der Waals surface area contributed by atoms with Crippen LogP contribution >= 0.6 is 0 Å². The summed E-state index contributed by atoms with van der Waals surface area (Å²) in [6.07, 6.45) is 9.47. The molecule has 1 aromatic carbocycles. The first-order valence-corrected chi connectivity index (χ1v) is 12.9. The van der Waals surface area contributed by atoms with Gasteiger partial charge >= 0.3 is 5.97 Å². The average molecular weight is 461 g/mol. The number of nitrogens with zero attached hydrogens (tertiary/aromatic N) is 3. The molecule has 5 nitrogen and oxygen atoms in total. The number of likely N-dealkylation sites (N-methyl/N-ethyl adjacent to an activating group) is 1. The fraction of sp³-hybridized carbons (Fsp3) is 0.517. The van der Waals surface area contributed by atoms with Crippen molar-refractivity contribution >= 4 is 16.9 Å². The number of hydrogen-bond acceptors (Lipinski definition) is 3. The van der Waals surface area contributed by atoms with Crippen molar-refractivity contribution in [2.24, 2.45) is 5.92 Å². The molecule has 1 fully saturated rings. The van der Waals surface area contributed by atoms with Gasteiger partial charge in [-0.1, -0.05) is 30.5 Å². The first kappa shape index (κ1) is 23.1. The van der Waals surface area contributed by atoms with Crippen molar-refractivity contribution in [2.45, 2.75) is 71.9 Å². The normalized spacial score (nSPS) is 20.6. The van der Waals surface area contributed by atoms with E-state index in [0.29, 0.717) is 19.1 Å². The fourth-order valence-electron chi connectivity index (χ4n) is 5.88. The lowest BCUT2D eigenvalue weighted by atomic mass is 10.0. The summed E-state index contributed by atoms with van der Waals surface area (Å²) >= 11 is 0. The van der Waals surface area contributed by atoms with Gasteiger partial charge in [0.2, 0.25) is 6.73 Å². The number of benzene rings is 1. The number of fused-ring (bicyclic) bond motifs is 3. The summed E-state index contributed by atoms with van der Waals surface area (Å²) in [5, 5.41) is 1.36. The molecule has 0 bridgehead atoms. The van der Waals surface area contributed by atoms with Crippen molar-refractivity contribution in [3.8, 4) is 0 Å². The zero-order valence-corrected chi connectivity index (χ0v) is 21.0. The molecule has 0 amide bonds. The van der Waals surface area contributed by atoms with Crippen LogP contribution in [0.2, 0.25) is 0 Å². The van der Waals surface area contributed by atoms with E-state index in [9.17, 15) is 4.79 Å². The topological polar surface area (TPSA) is 44.1 Å². The third-order valence-corrected chi connectivity index (χ3v) is 7.93. The van der Waals surface area contributed by atoms with Gasteiger partial charge in [-0.25, -0.2) is 0 Å². The van der Waals surface area contributed by atoms with Crippen LogP contribution < -0.4 is 0 Å². The lowest BCUT2D eigenvalue weighted by molar-refractivity contribution is -0.940. The van der Waals surface area contributed by atoms with E-state index in [-0.39, 0.29) is 5.97 Å². The first-order valence-electron chi connectivity index (χ1n) is 12.9. The zero-order chi connectivity index (χ0) is 23.7. The van der Waals surface area contributed by atoms with Crippen molar-refractivity contribution < 1.29 is 14.0 Å². The van der Waals surface area contributed by atoms with Crippen molar-refractivity contribution in [1.82, 2.24) is 9.55 Å². The third kappa shape index (κ3) is 4.90. The Morgan fingerprint density at radius 3 is 2.76 bits per heavy atom. The number of ether oxygens (including phenoxy) is 1. The highest BCUT2D eigenvalue weighted by Crippen LogP contribution is 2.34. The van der Waals surface area contributed by atoms with Crippen LogP contribution in [0.5, 0.6) is 0 Å². The summed E-state index contributed by atoms with van der Waals surface area (Å²) in [4.78, 5) is 17.0. The number of esters is 1. The smallest absolute Gasteiger partial charge is 0.310 e. The minimum absolute atomic E-state index is 0.0120. The molecule has 0 radical (unpaired) electrons. The van der Waals surface area contributed by atoms with E-state index in [2.05, 4.69) is 53.9 Å². The minimum Gasteiger partial charge on any atom is -0.415 e. The summed E-state index contributed by atoms with van der Waals surface area (Å²) in [6, 6.07) is 11.1. The lowest BCUT2D eigenvalue weighted by Crippen LogP contribution is -2.49. The van der Waals surface area contributed by atoms with Gasteiger partial charge in [-0.2, -0.15) is 0 Å². The van der Waals surface area contributed by atoms with E-state index in [0.717, 1.165) is 42.7 Å².